The van der Waals surface area contributed by atoms with Gasteiger partial charge in [0.25, 0.3) is 0 Å². The normalized spacial score (nSPS) is 9.78. The molecular weight excluding hydrogens is 252 g/mol. The molecule has 5 nitrogen and oxygen atoms in total. The molecule has 0 radical (unpaired) electrons. The molecule has 0 amide bonds. The summed E-state index contributed by atoms with van der Waals surface area (Å²) >= 11 is 5.11. The van der Waals surface area contributed by atoms with Crippen molar-refractivity contribution in [3.05, 3.63) is 29.3 Å². The summed E-state index contributed by atoms with van der Waals surface area (Å²) in [4.78, 5) is 19.7. The summed E-state index contributed by atoms with van der Waals surface area (Å²) in [6.07, 6.45) is 0. The Balaban J connectivity index is 2.63. The average molecular weight is 268 g/mol. The fourth-order valence-corrected chi connectivity index (χ4v) is 1.35. The molecule has 0 aliphatic heterocycles. The molecule has 6 heteroatoms. The predicted molar refractivity (Wildman–Crippen MR) is 72.8 cm³/mol. The Hall–Kier alpha value is -1.66. The number of nitrogens with one attached hydrogen (secondary N) is 1. The van der Waals surface area contributed by atoms with Crippen LogP contribution in [0.15, 0.2) is 18.2 Å². The fraction of sp³-hybridized carbons (Fsp3) is 0.333. The number of carbonyl (C=O) groups is 1. The van der Waals surface area contributed by atoms with Crippen LogP contribution in [0.3, 0.4) is 0 Å². The third kappa shape index (κ3) is 4.31. The van der Waals surface area contributed by atoms with E-state index in [9.17, 15) is 4.79 Å². The topological polar surface area (TPSA) is 50.8 Å². The molecule has 1 rings (SSSR count). The SMILES string of the molecule is CC(=O)OON(C)C(=S)Nc1cc(C)ccc1C. The van der Waals surface area contributed by atoms with Crippen molar-refractivity contribution in [2.75, 3.05) is 12.4 Å². The summed E-state index contributed by atoms with van der Waals surface area (Å²) in [6, 6.07) is 5.98. The van der Waals surface area contributed by atoms with E-state index in [1.807, 2.05) is 32.0 Å². The van der Waals surface area contributed by atoms with Crippen LogP contribution in [0.2, 0.25) is 0 Å². The van der Waals surface area contributed by atoms with Crippen molar-refractivity contribution >= 4 is 29.0 Å². The quantitative estimate of drug-likeness (QED) is 0.516. The minimum absolute atomic E-state index is 0.296. The number of benzene rings is 1. The lowest BCUT2D eigenvalue weighted by Gasteiger charge is -2.18. The minimum atomic E-state index is -0.545. The number of carbonyl (C=O) groups excluding carboxylic acids is 1. The molecule has 18 heavy (non-hydrogen) atoms. The molecule has 1 aromatic rings. The molecule has 0 aromatic heterocycles. The molecule has 0 fully saturated rings. The summed E-state index contributed by atoms with van der Waals surface area (Å²) in [5.41, 5.74) is 3.07. The van der Waals surface area contributed by atoms with E-state index in [4.69, 9.17) is 12.2 Å². The van der Waals surface area contributed by atoms with Gasteiger partial charge in [-0.1, -0.05) is 17.1 Å². The van der Waals surface area contributed by atoms with Crippen LogP contribution in [0.25, 0.3) is 0 Å². The molecule has 98 valence electrons. The zero-order valence-electron chi connectivity index (χ0n) is 10.8. The van der Waals surface area contributed by atoms with E-state index in [0.717, 1.165) is 16.8 Å². The number of hydrogen-bond donors (Lipinski definition) is 1. The molecule has 1 N–H and O–H groups in total. The molecule has 1 aromatic carbocycles. The van der Waals surface area contributed by atoms with Crippen molar-refractivity contribution in [2.45, 2.75) is 20.8 Å². The maximum absolute atomic E-state index is 10.6. The molecule has 0 heterocycles. The Morgan fingerprint density at radius 3 is 2.67 bits per heavy atom. The van der Waals surface area contributed by atoms with Crippen LogP contribution in [-0.4, -0.2) is 23.2 Å². The first-order chi connectivity index (χ1) is 8.40. The Bertz CT molecular complexity index is 463. The van der Waals surface area contributed by atoms with Gasteiger partial charge in [-0.15, -0.1) is 0 Å². The maximum atomic E-state index is 10.6. The van der Waals surface area contributed by atoms with Gasteiger partial charge in [-0.05, 0) is 43.3 Å². The zero-order valence-corrected chi connectivity index (χ0v) is 11.6. The molecule has 0 spiro atoms. The van der Waals surface area contributed by atoms with Crippen molar-refractivity contribution in [1.29, 1.82) is 0 Å². The number of rotatable bonds is 3. The molecular formula is C12H16N2O3S. The van der Waals surface area contributed by atoms with Gasteiger partial charge in [0.2, 0.25) is 5.11 Å². The second-order valence-corrected chi connectivity index (χ2v) is 4.28. The van der Waals surface area contributed by atoms with Gasteiger partial charge in [0.15, 0.2) is 0 Å². The van der Waals surface area contributed by atoms with Crippen LogP contribution in [0, 0.1) is 13.8 Å². The summed E-state index contributed by atoms with van der Waals surface area (Å²) in [6.45, 7) is 5.21. The standard InChI is InChI=1S/C12H16N2O3S/c1-8-5-6-9(2)11(7-8)13-12(18)14(4)17-16-10(3)15/h5-7H,1-4H3,(H,13,18). The van der Waals surface area contributed by atoms with Gasteiger partial charge in [-0.3, -0.25) is 4.89 Å². The largest absolute Gasteiger partial charge is 0.342 e. The van der Waals surface area contributed by atoms with Crippen molar-refractivity contribution in [3.63, 3.8) is 0 Å². The van der Waals surface area contributed by atoms with Crippen LogP contribution in [0.5, 0.6) is 0 Å². The monoisotopic (exact) mass is 268 g/mol. The lowest BCUT2D eigenvalue weighted by Crippen LogP contribution is -2.32. The van der Waals surface area contributed by atoms with E-state index >= 15 is 0 Å². The second-order valence-electron chi connectivity index (χ2n) is 3.90. The van der Waals surface area contributed by atoms with Gasteiger partial charge in [0.1, 0.15) is 0 Å². The molecule has 0 aliphatic rings. The van der Waals surface area contributed by atoms with Crippen LogP contribution in [0.1, 0.15) is 18.1 Å². The number of hydrogen-bond acceptors (Lipinski definition) is 4. The number of hydroxylamine groups is 2. The van der Waals surface area contributed by atoms with Gasteiger partial charge >= 0.3 is 5.97 Å². The number of nitrogens with zero attached hydrogens (tertiary/aromatic N) is 1. The molecule has 0 bridgehead atoms. The maximum Gasteiger partial charge on any atom is 0.342 e. The highest BCUT2D eigenvalue weighted by Gasteiger charge is 2.09. The molecule has 0 atom stereocenters. The first-order valence-corrected chi connectivity index (χ1v) is 5.78. The van der Waals surface area contributed by atoms with Crippen LogP contribution in [0.4, 0.5) is 5.69 Å². The predicted octanol–water partition coefficient (Wildman–Crippen LogP) is 2.34. The van der Waals surface area contributed by atoms with E-state index in [1.165, 1.54) is 12.0 Å². The van der Waals surface area contributed by atoms with Gasteiger partial charge in [-0.2, -0.15) is 5.06 Å². The highest BCUT2D eigenvalue weighted by atomic mass is 32.1. The number of aryl methyl sites for hydroxylation is 2. The van der Waals surface area contributed by atoms with E-state index in [0.29, 0.717) is 5.11 Å². The lowest BCUT2D eigenvalue weighted by molar-refractivity contribution is -0.362. The first kappa shape index (κ1) is 14.4. The summed E-state index contributed by atoms with van der Waals surface area (Å²) in [7, 11) is 1.55. The smallest absolute Gasteiger partial charge is 0.331 e. The van der Waals surface area contributed by atoms with Crippen LogP contribution in [-0.2, 0) is 14.7 Å². The highest BCUT2D eigenvalue weighted by molar-refractivity contribution is 7.80. The summed E-state index contributed by atoms with van der Waals surface area (Å²) in [5, 5.41) is 4.48. The Morgan fingerprint density at radius 1 is 1.39 bits per heavy atom. The van der Waals surface area contributed by atoms with Crippen molar-refractivity contribution in [1.82, 2.24) is 5.06 Å². The van der Waals surface area contributed by atoms with E-state index in [-0.39, 0.29) is 0 Å². The number of anilines is 1. The van der Waals surface area contributed by atoms with Crippen molar-refractivity contribution in [2.24, 2.45) is 0 Å². The second kappa shape index (κ2) is 6.32. The Labute approximate surface area is 112 Å². The summed E-state index contributed by atoms with van der Waals surface area (Å²) < 4.78 is 0. The average Bonchev–Trinajstić information content (AvgIpc) is 2.30. The molecule has 0 aliphatic carbocycles. The summed E-state index contributed by atoms with van der Waals surface area (Å²) in [5.74, 6) is -0.545. The van der Waals surface area contributed by atoms with Crippen LogP contribution >= 0.6 is 12.2 Å². The lowest BCUT2D eigenvalue weighted by atomic mass is 10.1. The van der Waals surface area contributed by atoms with E-state index < -0.39 is 5.97 Å². The molecule has 0 unspecified atom stereocenters. The first-order valence-electron chi connectivity index (χ1n) is 5.37. The highest BCUT2D eigenvalue weighted by Crippen LogP contribution is 2.16. The van der Waals surface area contributed by atoms with Gasteiger partial charge < -0.3 is 5.32 Å². The van der Waals surface area contributed by atoms with Crippen molar-refractivity contribution in [3.8, 4) is 0 Å². The third-order valence-electron chi connectivity index (χ3n) is 2.19. The minimum Gasteiger partial charge on any atom is -0.331 e. The molecule has 0 saturated heterocycles. The Morgan fingerprint density at radius 2 is 2.06 bits per heavy atom. The van der Waals surface area contributed by atoms with Gasteiger partial charge in [0.05, 0.1) is 0 Å². The van der Waals surface area contributed by atoms with Gasteiger partial charge in [-0.25, -0.2) is 4.79 Å². The van der Waals surface area contributed by atoms with E-state index in [1.54, 1.807) is 7.05 Å². The van der Waals surface area contributed by atoms with E-state index in [2.05, 4.69) is 15.2 Å². The van der Waals surface area contributed by atoms with Crippen molar-refractivity contribution < 1.29 is 14.7 Å². The molecule has 0 saturated carbocycles. The fourth-order valence-electron chi connectivity index (χ4n) is 1.21. The number of thiocarbonyl (C=S) groups is 1. The Kier molecular flexibility index (Phi) is 5.06. The third-order valence-corrected chi connectivity index (χ3v) is 2.55. The van der Waals surface area contributed by atoms with Crippen LogP contribution < -0.4 is 5.32 Å². The van der Waals surface area contributed by atoms with Gasteiger partial charge in [0, 0.05) is 19.7 Å². The zero-order chi connectivity index (χ0) is 13.7.